The zero-order valence-electron chi connectivity index (χ0n) is 14.2. The molecule has 8 heteroatoms. The summed E-state index contributed by atoms with van der Waals surface area (Å²) >= 11 is 0. The summed E-state index contributed by atoms with van der Waals surface area (Å²) in [6.45, 7) is 2.83. The number of halogens is 3. The minimum atomic E-state index is -3.11. The Morgan fingerprint density at radius 1 is 1.36 bits per heavy atom. The van der Waals surface area contributed by atoms with Crippen LogP contribution in [-0.4, -0.2) is 42.5 Å². The second-order valence-corrected chi connectivity index (χ2v) is 7.09. The Bertz CT molecular complexity index is 675. The van der Waals surface area contributed by atoms with Crippen LogP contribution in [0.1, 0.15) is 37.9 Å². The van der Waals surface area contributed by atoms with Crippen LogP contribution in [0.3, 0.4) is 0 Å². The molecule has 1 saturated heterocycles. The van der Waals surface area contributed by atoms with E-state index < -0.39 is 35.9 Å². The van der Waals surface area contributed by atoms with E-state index in [1.165, 1.54) is 11.0 Å². The van der Waals surface area contributed by atoms with E-state index in [9.17, 15) is 18.0 Å². The summed E-state index contributed by atoms with van der Waals surface area (Å²) in [5, 5.41) is 0. The smallest absolute Gasteiger partial charge is 0.410 e. The molecule has 1 aromatic rings. The van der Waals surface area contributed by atoms with Crippen molar-refractivity contribution in [2.24, 2.45) is 0 Å². The number of nitrogens with zero attached hydrogens (tertiary/aromatic N) is 1. The number of amides is 1. The largest absolute Gasteiger partial charge is 0.444 e. The lowest BCUT2D eigenvalue weighted by Crippen LogP contribution is -2.48. The van der Waals surface area contributed by atoms with E-state index in [0.717, 1.165) is 6.07 Å². The lowest BCUT2D eigenvalue weighted by Gasteiger charge is -2.38. The molecule has 2 aliphatic rings. The first-order valence-corrected chi connectivity index (χ1v) is 8.04. The number of carbonyl (C=O) groups is 1. The second-order valence-electron chi connectivity index (χ2n) is 7.09. The van der Waals surface area contributed by atoms with Gasteiger partial charge >= 0.3 is 12.7 Å². The van der Waals surface area contributed by atoms with Crippen LogP contribution in [0.5, 0.6) is 5.75 Å². The summed E-state index contributed by atoms with van der Waals surface area (Å²) in [6.07, 6.45) is -0.483. The van der Waals surface area contributed by atoms with Crippen molar-refractivity contribution in [3.05, 3.63) is 29.1 Å². The minimum absolute atomic E-state index is 0.312. The molecule has 0 unspecified atom stereocenters. The molecule has 138 valence electrons. The fourth-order valence-electron chi connectivity index (χ4n) is 3.26. The van der Waals surface area contributed by atoms with Gasteiger partial charge in [-0.1, -0.05) is 0 Å². The van der Waals surface area contributed by atoms with Gasteiger partial charge in [-0.2, -0.15) is 8.78 Å². The summed E-state index contributed by atoms with van der Waals surface area (Å²) < 4.78 is 54.2. The number of ether oxygens (including phenoxy) is 3. The highest BCUT2D eigenvalue weighted by Gasteiger charge is 2.44. The molecule has 0 bridgehead atoms. The third-order valence-electron chi connectivity index (χ3n) is 4.13. The van der Waals surface area contributed by atoms with Crippen molar-refractivity contribution in [3.63, 3.8) is 0 Å². The van der Waals surface area contributed by atoms with Gasteiger partial charge in [-0.3, -0.25) is 4.90 Å². The van der Waals surface area contributed by atoms with Gasteiger partial charge in [0.05, 0.1) is 18.8 Å². The van der Waals surface area contributed by atoms with Crippen LogP contribution in [0.15, 0.2) is 12.1 Å². The first-order valence-electron chi connectivity index (χ1n) is 8.04. The Morgan fingerprint density at radius 2 is 2.08 bits per heavy atom. The zero-order valence-corrected chi connectivity index (χ0v) is 14.2. The van der Waals surface area contributed by atoms with Gasteiger partial charge < -0.3 is 14.2 Å². The first kappa shape index (κ1) is 17.8. The second kappa shape index (κ2) is 6.40. The van der Waals surface area contributed by atoms with Crippen LogP contribution in [-0.2, 0) is 15.9 Å². The van der Waals surface area contributed by atoms with E-state index in [2.05, 4.69) is 4.74 Å². The zero-order chi connectivity index (χ0) is 18.4. The molecule has 0 aromatic heterocycles. The van der Waals surface area contributed by atoms with Crippen molar-refractivity contribution < 1.29 is 32.2 Å². The highest BCUT2D eigenvalue weighted by atomic mass is 19.3. The Labute approximate surface area is 143 Å². The molecule has 0 spiro atoms. The van der Waals surface area contributed by atoms with Gasteiger partial charge in [0.2, 0.25) is 0 Å². The van der Waals surface area contributed by atoms with Crippen LogP contribution in [0, 0.1) is 5.82 Å². The average molecular weight is 359 g/mol. The Balaban J connectivity index is 1.91. The summed E-state index contributed by atoms with van der Waals surface area (Å²) in [5.41, 5.74) is 0.504. The molecule has 0 radical (unpaired) electrons. The van der Waals surface area contributed by atoms with Gasteiger partial charge in [0.1, 0.15) is 5.60 Å². The standard InChI is InChI=1S/C17H20F3NO4/c1-17(2,3)25-16(22)21-4-5-23-13-7-9-6-12(24-15(19)20)11(18)8-10(9)14(13)21/h6,8,13-15H,4-5,7H2,1-3H3/t13-,14+/m1/s1. The fourth-order valence-corrected chi connectivity index (χ4v) is 3.26. The summed E-state index contributed by atoms with van der Waals surface area (Å²) in [5.74, 6) is -1.40. The predicted molar refractivity (Wildman–Crippen MR) is 82.2 cm³/mol. The van der Waals surface area contributed by atoms with Gasteiger partial charge in [-0.15, -0.1) is 0 Å². The quantitative estimate of drug-likeness (QED) is 0.809. The fraction of sp³-hybridized carbons (Fsp3) is 0.588. The molecule has 1 heterocycles. The van der Waals surface area contributed by atoms with Crippen LogP contribution in [0.4, 0.5) is 18.0 Å². The number of alkyl halides is 2. The Kier molecular flexibility index (Phi) is 4.57. The molecule has 1 fully saturated rings. The molecule has 2 atom stereocenters. The number of carbonyl (C=O) groups excluding carboxylic acids is 1. The van der Waals surface area contributed by atoms with Gasteiger partial charge in [0.25, 0.3) is 0 Å². The molecular formula is C17H20F3NO4. The molecule has 1 amide bonds. The van der Waals surface area contributed by atoms with Gasteiger partial charge in [0, 0.05) is 13.0 Å². The van der Waals surface area contributed by atoms with E-state index >= 15 is 0 Å². The van der Waals surface area contributed by atoms with Crippen LogP contribution < -0.4 is 4.74 Å². The number of rotatable bonds is 2. The molecule has 1 aromatic carbocycles. The van der Waals surface area contributed by atoms with E-state index in [-0.39, 0.29) is 6.10 Å². The Hall–Kier alpha value is -1.96. The molecule has 5 nitrogen and oxygen atoms in total. The van der Waals surface area contributed by atoms with Crippen molar-refractivity contribution in [1.29, 1.82) is 0 Å². The summed E-state index contributed by atoms with van der Waals surface area (Å²) in [4.78, 5) is 14.0. The van der Waals surface area contributed by atoms with Crippen molar-refractivity contribution >= 4 is 6.09 Å². The number of fused-ring (bicyclic) bond motifs is 3. The van der Waals surface area contributed by atoms with Crippen LogP contribution in [0.25, 0.3) is 0 Å². The molecule has 3 rings (SSSR count). The van der Waals surface area contributed by atoms with Crippen molar-refractivity contribution in [2.75, 3.05) is 13.2 Å². The monoisotopic (exact) mass is 359 g/mol. The Morgan fingerprint density at radius 3 is 2.72 bits per heavy atom. The van der Waals surface area contributed by atoms with Gasteiger partial charge in [-0.05, 0) is 44.0 Å². The first-order chi connectivity index (χ1) is 11.7. The van der Waals surface area contributed by atoms with Gasteiger partial charge in [-0.25, -0.2) is 9.18 Å². The number of benzene rings is 1. The van der Waals surface area contributed by atoms with Crippen molar-refractivity contribution in [2.45, 2.75) is 51.6 Å². The van der Waals surface area contributed by atoms with Crippen LogP contribution >= 0.6 is 0 Å². The molecule has 0 saturated carbocycles. The number of morpholine rings is 1. The van der Waals surface area contributed by atoms with E-state index in [4.69, 9.17) is 9.47 Å². The summed E-state index contributed by atoms with van der Waals surface area (Å²) in [7, 11) is 0. The molecular weight excluding hydrogens is 339 g/mol. The maximum Gasteiger partial charge on any atom is 0.410 e. The maximum absolute atomic E-state index is 14.1. The minimum Gasteiger partial charge on any atom is -0.444 e. The van der Waals surface area contributed by atoms with Crippen LogP contribution in [0.2, 0.25) is 0 Å². The lowest BCUT2D eigenvalue weighted by atomic mass is 10.0. The average Bonchev–Trinajstić information content (AvgIpc) is 2.82. The van der Waals surface area contributed by atoms with E-state index in [1.54, 1.807) is 20.8 Å². The number of hydrogen-bond acceptors (Lipinski definition) is 4. The lowest BCUT2D eigenvalue weighted by molar-refractivity contribution is -0.0698. The third kappa shape index (κ3) is 3.68. The van der Waals surface area contributed by atoms with Crippen molar-refractivity contribution in [1.82, 2.24) is 4.90 Å². The topological polar surface area (TPSA) is 48.0 Å². The normalized spacial score (nSPS) is 22.6. The van der Waals surface area contributed by atoms with E-state index in [1.807, 2.05) is 0 Å². The SMILES string of the molecule is CC(C)(C)OC(=O)N1CCO[C@@H]2Cc3cc(OC(F)F)c(F)cc3[C@@H]21. The third-order valence-corrected chi connectivity index (χ3v) is 4.13. The number of hydrogen-bond donors (Lipinski definition) is 0. The van der Waals surface area contributed by atoms with Gasteiger partial charge in [0.15, 0.2) is 11.6 Å². The maximum atomic E-state index is 14.1. The predicted octanol–water partition coefficient (Wildman–Crippen LogP) is 3.66. The molecule has 1 aliphatic carbocycles. The summed E-state index contributed by atoms with van der Waals surface area (Å²) in [6, 6.07) is 1.89. The molecule has 1 aliphatic heterocycles. The van der Waals surface area contributed by atoms with E-state index in [0.29, 0.717) is 30.7 Å². The molecule has 0 N–H and O–H groups in total. The highest BCUT2D eigenvalue weighted by Crippen LogP contribution is 2.42. The highest BCUT2D eigenvalue weighted by molar-refractivity contribution is 5.69. The molecule has 25 heavy (non-hydrogen) atoms. The van der Waals surface area contributed by atoms with Crippen molar-refractivity contribution in [3.8, 4) is 5.75 Å².